The van der Waals surface area contributed by atoms with Crippen molar-refractivity contribution >= 4 is 11.9 Å². The van der Waals surface area contributed by atoms with Gasteiger partial charge in [0.15, 0.2) is 0 Å². The van der Waals surface area contributed by atoms with Gasteiger partial charge in [-0.05, 0) is 12.1 Å². The topological polar surface area (TPSA) is 41.4 Å². The Hall–Kier alpha value is -2.37. The summed E-state index contributed by atoms with van der Waals surface area (Å²) in [4.78, 5) is 20.5. The summed E-state index contributed by atoms with van der Waals surface area (Å²) in [5.74, 6) is 0.189. The molecule has 0 N–H and O–H groups in total. The zero-order valence-corrected chi connectivity index (χ0v) is 11.9. The molecule has 0 unspecified atom stereocenters. The van der Waals surface area contributed by atoms with Gasteiger partial charge in [0.2, 0.25) is 5.95 Å². The van der Waals surface area contributed by atoms with Crippen LogP contribution in [0.15, 0.2) is 36.7 Å². The van der Waals surface area contributed by atoms with Gasteiger partial charge in [-0.2, -0.15) is 0 Å². The van der Waals surface area contributed by atoms with Crippen LogP contribution in [0.25, 0.3) is 0 Å². The average Bonchev–Trinajstić information content (AvgIpc) is 2.93. The Labute approximate surface area is 122 Å². The van der Waals surface area contributed by atoms with Gasteiger partial charge in [-0.25, -0.2) is 9.37 Å². The third-order valence-corrected chi connectivity index (χ3v) is 3.75. The van der Waals surface area contributed by atoms with Crippen molar-refractivity contribution in [3.8, 4) is 0 Å². The lowest BCUT2D eigenvalue weighted by Gasteiger charge is -2.35. The fraction of sp³-hybridized carbons (Fsp3) is 0.333. The Morgan fingerprint density at radius 1 is 1.19 bits per heavy atom. The second-order valence-corrected chi connectivity index (χ2v) is 5.10. The summed E-state index contributed by atoms with van der Waals surface area (Å²) in [7, 11) is 1.94. The average molecular weight is 288 g/mol. The highest BCUT2D eigenvalue weighted by Crippen LogP contribution is 2.16. The number of hydrogen-bond donors (Lipinski definition) is 0. The molecule has 2 aromatic rings. The number of anilines is 1. The lowest BCUT2D eigenvalue weighted by atomic mass is 10.1. The highest BCUT2D eigenvalue weighted by molar-refractivity contribution is 5.94. The lowest BCUT2D eigenvalue weighted by Crippen LogP contribution is -2.49. The van der Waals surface area contributed by atoms with E-state index in [4.69, 9.17) is 0 Å². The zero-order valence-electron chi connectivity index (χ0n) is 11.9. The predicted molar refractivity (Wildman–Crippen MR) is 77.7 cm³/mol. The van der Waals surface area contributed by atoms with Crippen molar-refractivity contribution in [3.63, 3.8) is 0 Å². The van der Waals surface area contributed by atoms with E-state index in [9.17, 15) is 9.18 Å². The largest absolute Gasteiger partial charge is 0.339 e. The Morgan fingerprint density at radius 2 is 1.90 bits per heavy atom. The zero-order chi connectivity index (χ0) is 14.8. The molecule has 3 rings (SSSR count). The first kappa shape index (κ1) is 13.6. The third kappa shape index (κ3) is 2.61. The number of amides is 1. The molecule has 2 heterocycles. The Kier molecular flexibility index (Phi) is 3.60. The second kappa shape index (κ2) is 5.55. The molecule has 1 aliphatic rings. The van der Waals surface area contributed by atoms with Gasteiger partial charge >= 0.3 is 0 Å². The first-order chi connectivity index (χ1) is 10.2. The van der Waals surface area contributed by atoms with E-state index in [0.717, 1.165) is 5.95 Å². The van der Waals surface area contributed by atoms with E-state index in [1.165, 1.54) is 12.1 Å². The van der Waals surface area contributed by atoms with Crippen molar-refractivity contribution in [1.82, 2.24) is 14.5 Å². The third-order valence-electron chi connectivity index (χ3n) is 3.75. The first-order valence-corrected chi connectivity index (χ1v) is 6.93. The standard InChI is InChI=1S/C15H17FN4O/c1-18-7-6-17-15(18)20-10-8-19(9-11-20)14(21)12-4-2-3-5-13(12)16/h2-7H,8-11H2,1H3. The number of aromatic nitrogens is 2. The van der Waals surface area contributed by atoms with Gasteiger partial charge in [0.1, 0.15) is 5.82 Å². The van der Waals surface area contributed by atoms with Gasteiger partial charge in [0, 0.05) is 45.6 Å². The minimum Gasteiger partial charge on any atom is -0.339 e. The van der Waals surface area contributed by atoms with Gasteiger partial charge in [-0.15, -0.1) is 0 Å². The van der Waals surface area contributed by atoms with Crippen LogP contribution in [0.5, 0.6) is 0 Å². The Bertz CT molecular complexity index is 647. The van der Waals surface area contributed by atoms with E-state index in [-0.39, 0.29) is 11.5 Å². The number of rotatable bonds is 2. The highest BCUT2D eigenvalue weighted by Gasteiger charge is 2.25. The lowest BCUT2D eigenvalue weighted by molar-refractivity contribution is 0.0741. The number of nitrogens with zero attached hydrogens (tertiary/aromatic N) is 4. The molecule has 0 aliphatic carbocycles. The van der Waals surface area contributed by atoms with Crippen LogP contribution in [0.3, 0.4) is 0 Å². The van der Waals surface area contributed by atoms with Crippen molar-refractivity contribution in [2.75, 3.05) is 31.1 Å². The molecule has 1 aromatic heterocycles. The van der Waals surface area contributed by atoms with Crippen molar-refractivity contribution in [3.05, 3.63) is 48.0 Å². The van der Waals surface area contributed by atoms with Crippen LogP contribution in [0.4, 0.5) is 10.3 Å². The SMILES string of the molecule is Cn1ccnc1N1CCN(C(=O)c2ccccc2F)CC1. The summed E-state index contributed by atoms with van der Waals surface area (Å²) in [5, 5.41) is 0. The number of hydrogen-bond acceptors (Lipinski definition) is 3. The number of aryl methyl sites for hydroxylation is 1. The minimum atomic E-state index is -0.464. The van der Waals surface area contributed by atoms with Gasteiger partial charge in [-0.3, -0.25) is 4.79 Å². The smallest absolute Gasteiger partial charge is 0.256 e. The Morgan fingerprint density at radius 3 is 2.52 bits per heavy atom. The summed E-state index contributed by atoms with van der Waals surface area (Å²) in [5.41, 5.74) is 0.142. The second-order valence-electron chi connectivity index (χ2n) is 5.10. The molecule has 5 nitrogen and oxygen atoms in total. The fourth-order valence-corrected chi connectivity index (χ4v) is 2.58. The van der Waals surface area contributed by atoms with Gasteiger partial charge < -0.3 is 14.4 Å². The maximum Gasteiger partial charge on any atom is 0.256 e. The maximum atomic E-state index is 13.7. The number of imidazole rings is 1. The van der Waals surface area contributed by atoms with Crippen LogP contribution in [0.1, 0.15) is 10.4 Å². The van der Waals surface area contributed by atoms with Gasteiger partial charge in [0.05, 0.1) is 5.56 Å². The molecule has 0 spiro atoms. The van der Waals surface area contributed by atoms with E-state index in [1.807, 2.05) is 17.8 Å². The van der Waals surface area contributed by atoms with E-state index in [2.05, 4.69) is 9.88 Å². The number of piperazine rings is 1. The molecule has 1 aromatic carbocycles. The molecule has 6 heteroatoms. The summed E-state index contributed by atoms with van der Waals surface area (Å²) in [6.45, 7) is 2.54. The maximum absolute atomic E-state index is 13.7. The van der Waals surface area contributed by atoms with Crippen molar-refractivity contribution in [2.24, 2.45) is 7.05 Å². The normalized spacial score (nSPS) is 15.3. The minimum absolute atomic E-state index is 0.142. The fourth-order valence-electron chi connectivity index (χ4n) is 2.58. The van der Waals surface area contributed by atoms with Crippen molar-refractivity contribution in [1.29, 1.82) is 0 Å². The molecule has 0 radical (unpaired) electrons. The molecule has 1 aliphatic heterocycles. The highest BCUT2D eigenvalue weighted by atomic mass is 19.1. The van der Waals surface area contributed by atoms with Crippen LogP contribution in [0, 0.1) is 5.82 Å². The quantitative estimate of drug-likeness (QED) is 0.841. The molecule has 1 amide bonds. The number of halogens is 1. The predicted octanol–water partition coefficient (Wildman–Crippen LogP) is 1.52. The molecular formula is C15H17FN4O. The van der Waals surface area contributed by atoms with Crippen molar-refractivity contribution in [2.45, 2.75) is 0 Å². The summed E-state index contributed by atoms with van der Waals surface area (Å²) in [6, 6.07) is 6.12. The van der Waals surface area contributed by atoms with Crippen LogP contribution >= 0.6 is 0 Å². The van der Waals surface area contributed by atoms with Gasteiger partial charge in [-0.1, -0.05) is 12.1 Å². The van der Waals surface area contributed by atoms with Crippen molar-refractivity contribution < 1.29 is 9.18 Å². The van der Waals surface area contributed by atoms with Crippen LogP contribution in [0.2, 0.25) is 0 Å². The number of carbonyl (C=O) groups is 1. The van der Waals surface area contributed by atoms with E-state index in [0.29, 0.717) is 26.2 Å². The summed E-state index contributed by atoms with van der Waals surface area (Å²) in [6.07, 6.45) is 3.65. The number of benzene rings is 1. The van der Waals surface area contributed by atoms with E-state index < -0.39 is 5.82 Å². The Balaban J connectivity index is 1.67. The molecular weight excluding hydrogens is 271 g/mol. The van der Waals surface area contributed by atoms with Crippen LogP contribution in [-0.4, -0.2) is 46.5 Å². The molecule has 0 saturated carbocycles. The van der Waals surface area contributed by atoms with Crippen LogP contribution < -0.4 is 4.90 Å². The molecule has 1 saturated heterocycles. The monoisotopic (exact) mass is 288 g/mol. The molecule has 1 fully saturated rings. The summed E-state index contributed by atoms with van der Waals surface area (Å²) >= 11 is 0. The van der Waals surface area contributed by atoms with Crippen LogP contribution in [-0.2, 0) is 7.05 Å². The molecule has 0 bridgehead atoms. The van der Waals surface area contributed by atoms with E-state index >= 15 is 0 Å². The molecule has 110 valence electrons. The summed E-state index contributed by atoms with van der Waals surface area (Å²) < 4.78 is 15.6. The van der Waals surface area contributed by atoms with E-state index in [1.54, 1.807) is 23.2 Å². The van der Waals surface area contributed by atoms with Gasteiger partial charge in [0.25, 0.3) is 5.91 Å². The molecule has 21 heavy (non-hydrogen) atoms. The first-order valence-electron chi connectivity index (χ1n) is 6.93. The molecule has 0 atom stereocenters. The number of carbonyl (C=O) groups excluding carboxylic acids is 1.